The van der Waals surface area contributed by atoms with E-state index in [0.29, 0.717) is 30.0 Å². The van der Waals surface area contributed by atoms with Crippen LogP contribution in [0.1, 0.15) is 0 Å². The van der Waals surface area contributed by atoms with Crippen LogP contribution in [0, 0.1) is 0 Å². The highest BCUT2D eigenvalue weighted by Crippen LogP contribution is 2.29. The minimum absolute atomic E-state index is 0.422. The molecule has 0 amide bonds. The Bertz CT molecular complexity index is 740. The van der Waals surface area contributed by atoms with E-state index in [-0.39, 0.29) is 0 Å². The summed E-state index contributed by atoms with van der Waals surface area (Å²) in [5.41, 5.74) is 2.31. The number of halogens is 1. The first kappa shape index (κ1) is 14.7. The van der Waals surface area contributed by atoms with Crippen molar-refractivity contribution in [2.24, 2.45) is 0 Å². The lowest BCUT2D eigenvalue weighted by atomic mass is 10.3. The number of nitrogens with one attached hydrogen (secondary N) is 1. The fourth-order valence-electron chi connectivity index (χ4n) is 1.98. The number of ether oxygens (including phenoxy) is 2. The summed E-state index contributed by atoms with van der Waals surface area (Å²) in [7, 11) is 1.62. The number of hydrogen-bond acceptors (Lipinski definition) is 5. The molecule has 1 N–H and O–H groups in total. The van der Waals surface area contributed by atoms with E-state index in [4.69, 9.17) is 25.5 Å². The molecule has 22 heavy (non-hydrogen) atoms. The average molecular weight is 319 g/mol. The van der Waals surface area contributed by atoms with Crippen LogP contribution in [0.25, 0.3) is 11.1 Å². The molecule has 114 valence electrons. The lowest BCUT2D eigenvalue weighted by molar-refractivity contribution is 0.146. The summed E-state index contributed by atoms with van der Waals surface area (Å²) in [5.74, 6) is 0.613. The van der Waals surface area contributed by atoms with Crippen molar-refractivity contribution < 1.29 is 13.9 Å². The van der Waals surface area contributed by atoms with Gasteiger partial charge in [-0.25, -0.2) is 0 Å². The molecule has 0 spiro atoms. The maximum absolute atomic E-state index is 6.20. The van der Waals surface area contributed by atoms with Gasteiger partial charge in [0.25, 0.3) is 6.01 Å². The third-order valence-electron chi connectivity index (χ3n) is 3.02. The van der Waals surface area contributed by atoms with Gasteiger partial charge >= 0.3 is 0 Å². The van der Waals surface area contributed by atoms with Gasteiger partial charge in [-0.2, -0.15) is 4.98 Å². The molecule has 0 saturated heterocycles. The van der Waals surface area contributed by atoms with Crippen LogP contribution in [0.3, 0.4) is 0 Å². The molecular formula is C16H15ClN2O3. The maximum atomic E-state index is 6.20. The Kier molecular flexibility index (Phi) is 4.46. The number of para-hydroxylation sites is 2. The Morgan fingerprint density at radius 2 is 2.05 bits per heavy atom. The molecule has 1 aromatic heterocycles. The maximum Gasteiger partial charge on any atom is 0.300 e. The number of benzene rings is 2. The van der Waals surface area contributed by atoms with Gasteiger partial charge < -0.3 is 19.2 Å². The highest BCUT2D eigenvalue weighted by molar-refractivity contribution is 6.32. The molecule has 5 nitrogen and oxygen atoms in total. The second-order valence-corrected chi connectivity index (χ2v) is 5.01. The largest absolute Gasteiger partial charge is 0.490 e. The van der Waals surface area contributed by atoms with Crippen LogP contribution in [0.15, 0.2) is 46.9 Å². The van der Waals surface area contributed by atoms with E-state index in [1.165, 1.54) is 0 Å². The molecule has 0 bridgehead atoms. The van der Waals surface area contributed by atoms with E-state index in [0.717, 1.165) is 16.8 Å². The lowest BCUT2D eigenvalue weighted by Crippen LogP contribution is -2.04. The highest BCUT2D eigenvalue weighted by atomic mass is 35.5. The average Bonchev–Trinajstić information content (AvgIpc) is 2.92. The van der Waals surface area contributed by atoms with E-state index in [9.17, 15) is 0 Å². The van der Waals surface area contributed by atoms with Crippen LogP contribution in [0.2, 0.25) is 5.02 Å². The summed E-state index contributed by atoms with van der Waals surface area (Å²) in [6.45, 7) is 0.966. The molecule has 0 aliphatic carbocycles. The molecule has 1 heterocycles. The number of rotatable bonds is 6. The number of fused-ring (bicyclic) bond motifs is 1. The Hall–Kier alpha value is -2.24. The first-order chi connectivity index (χ1) is 10.8. The van der Waals surface area contributed by atoms with E-state index in [2.05, 4.69) is 10.3 Å². The second-order valence-electron chi connectivity index (χ2n) is 4.60. The molecule has 0 aliphatic heterocycles. The molecule has 3 aromatic rings. The summed E-state index contributed by atoms with van der Waals surface area (Å²) in [6.07, 6.45) is 0. The van der Waals surface area contributed by atoms with Gasteiger partial charge in [0.05, 0.1) is 11.6 Å². The van der Waals surface area contributed by atoms with Crippen molar-refractivity contribution in [3.05, 3.63) is 47.5 Å². The Balaban J connectivity index is 1.73. The third kappa shape index (κ3) is 3.32. The van der Waals surface area contributed by atoms with Crippen molar-refractivity contribution in [2.75, 3.05) is 25.6 Å². The van der Waals surface area contributed by atoms with Gasteiger partial charge in [0.2, 0.25) is 0 Å². The molecule has 0 radical (unpaired) electrons. The molecule has 0 fully saturated rings. The SMILES string of the molecule is COCCOc1ccc(Nc2nc3ccccc3o2)cc1Cl. The van der Waals surface area contributed by atoms with Crippen LogP contribution in [-0.2, 0) is 4.74 Å². The molecule has 0 atom stereocenters. The number of methoxy groups -OCH3 is 1. The van der Waals surface area contributed by atoms with Gasteiger partial charge in [0.1, 0.15) is 17.9 Å². The summed E-state index contributed by atoms with van der Waals surface area (Å²) in [6, 6.07) is 13.4. The van der Waals surface area contributed by atoms with Gasteiger partial charge in [0.15, 0.2) is 5.58 Å². The fraction of sp³-hybridized carbons (Fsp3) is 0.188. The molecule has 0 aliphatic rings. The predicted octanol–water partition coefficient (Wildman–Crippen LogP) is 4.25. The Morgan fingerprint density at radius 3 is 2.82 bits per heavy atom. The quantitative estimate of drug-likeness (QED) is 0.688. The molecule has 2 aromatic carbocycles. The fourth-order valence-corrected chi connectivity index (χ4v) is 2.21. The zero-order chi connectivity index (χ0) is 15.4. The van der Waals surface area contributed by atoms with Gasteiger partial charge in [0, 0.05) is 12.8 Å². The van der Waals surface area contributed by atoms with Crippen LogP contribution in [-0.4, -0.2) is 25.3 Å². The van der Waals surface area contributed by atoms with Crippen molar-refractivity contribution >= 4 is 34.4 Å². The van der Waals surface area contributed by atoms with E-state index in [1.807, 2.05) is 30.3 Å². The standard InChI is InChI=1S/C16H15ClN2O3/c1-20-8-9-21-14-7-6-11(10-12(14)17)18-16-19-13-4-2-3-5-15(13)22-16/h2-7,10H,8-9H2,1H3,(H,18,19). The number of oxazole rings is 1. The summed E-state index contributed by atoms with van der Waals surface area (Å²) in [5, 5.41) is 3.60. The van der Waals surface area contributed by atoms with Crippen molar-refractivity contribution in [3.8, 4) is 5.75 Å². The van der Waals surface area contributed by atoms with E-state index in [1.54, 1.807) is 19.2 Å². The summed E-state index contributed by atoms with van der Waals surface area (Å²) < 4.78 is 16.0. The van der Waals surface area contributed by atoms with Gasteiger partial charge in [-0.15, -0.1) is 0 Å². The van der Waals surface area contributed by atoms with Crippen LogP contribution < -0.4 is 10.1 Å². The number of nitrogens with zero attached hydrogens (tertiary/aromatic N) is 1. The minimum atomic E-state index is 0.422. The van der Waals surface area contributed by atoms with Crippen molar-refractivity contribution in [1.29, 1.82) is 0 Å². The molecule has 0 unspecified atom stereocenters. The topological polar surface area (TPSA) is 56.5 Å². The van der Waals surface area contributed by atoms with Crippen molar-refractivity contribution in [2.45, 2.75) is 0 Å². The van der Waals surface area contributed by atoms with Crippen LogP contribution >= 0.6 is 11.6 Å². The zero-order valence-electron chi connectivity index (χ0n) is 12.0. The lowest BCUT2D eigenvalue weighted by Gasteiger charge is -2.09. The van der Waals surface area contributed by atoms with Gasteiger partial charge in [-0.3, -0.25) is 0 Å². The van der Waals surface area contributed by atoms with Crippen molar-refractivity contribution in [1.82, 2.24) is 4.98 Å². The predicted molar refractivity (Wildman–Crippen MR) is 86.1 cm³/mol. The first-order valence-electron chi connectivity index (χ1n) is 6.80. The van der Waals surface area contributed by atoms with Gasteiger partial charge in [-0.1, -0.05) is 23.7 Å². The van der Waals surface area contributed by atoms with Crippen molar-refractivity contribution in [3.63, 3.8) is 0 Å². The molecule has 0 saturated carbocycles. The molecule has 6 heteroatoms. The third-order valence-corrected chi connectivity index (χ3v) is 3.32. The van der Waals surface area contributed by atoms with E-state index >= 15 is 0 Å². The van der Waals surface area contributed by atoms with E-state index < -0.39 is 0 Å². The first-order valence-corrected chi connectivity index (χ1v) is 7.18. The smallest absolute Gasteiger partial charge is 0.300 e. The van der Waals surface area contributed by atoms with Gasteiger partial charge in [-0.05, 0) is 30.3 Å². The second kappa shape index (κ2) is 6.68. The normalized spacial score (nSPS) is 10.8. The number of anilines is 2. The monoisotopic (exact) mass is 318 g/mol. The Morgan fingerprint density at radius 1 is 1.18 bits per heavy atom. The molecular weight excluding hydrogens is 304 g/mol. The molecule has 3 rings (SSSR count). The highest BCUT2D eigenvalue weighted by Gasteiger charge is 2.07. The van der Waals surface area contributed by atoms with Crippen LogP contribution in [0.5, 0.6) is 5.75 Å². The summed E-state index contributed by atoms with van der Waals surface area (Å²) in [4.78, 5) is 4.35. The number of hydrogen-bond donors (Lipinski definition) is 1. The summed E-state index contributed by atoms with van der Waals surface area (Å²) >= 11 is 6.20. The Labute approximate surface area is 132 Å². The minimum Gasteiger partial charge on any atom is -0.490 e. The zero-order valence-corrected chi connectivity index (χ0v) is 12.8. The number of aromatic nitrogens is 1. The van der Waals surface area contributed by atoms with Crippen LogP contribution in [0.4, 0.5) is 11.7 Å².